The van der Waals surface area contributed by atoms with Crippen LogP contribution in [0.25, 0.3) is 10.9 Å². The SMILES string of the molecule is C[C@@H]1NC(=O)[C@@H](Cc2c[nH]c3ccccc23)NC(=O)[C@@H](C)N(C(=O)CO)CCNC(=O)[C@H](Cc2ccccc2)NC1=O. The molecule has 2 aromatic carbocycles. The smallest absolute Gasteiger partial charge is 0.249 e. The molecule has 2 heterocycles. The average molecular weight is 577 g/mol. The molecule has 5 amide bonds. The van der Waals surface area contributed by atoms with Crippen LogP contribution in [0, 0.1) is 0 Å². The van der Waals surface area contributed by atoms with Crippen molar-refractivity contribution in [2.75, 3.05) is 19.7 Å². The van der Waals surface area contributed by atoms with Gasteiger partial charge in [0.15, 0.2) is 0 Å². The number of carbonyl (C=O) groups is 5. The zero-order valence-electron chi connectivity index (χ0n) is 23.6. The zero-order valence-corrected chi connectivity index (χ0v) is 23.6. The monoisotopic (exact) mass is 576 g/mol. The van der Waals surface area contributed by atoms with E-state index in [0.29, 0.717) is 0 Å². The Morgan fingerprint density at radius 3 is 2.24 bits per heavy atom. The predicted octanol–water partition coefficient (Wildman–Crippen LogP) is -0.233. The van der Waals surface area contributed by atoms with Crippen LogP contribution in [-0.2, 0) is 36.8 Å². The molecular weight excluding hydrogens is 540 g/mol. The summed E-state index contributed by atoms with van der Waals surface area (Å²) in [6.45, 7) is 2.03. The summed E-state index contributed by atoms with van der Waals surface area (Å²) >= 11 is 0. The van der Waals surface area contributed by atoms with Crippen molar-refractivity contribution in [1.29, 1.82) is 0 Å². The third kappa shape index (κ3) is 7.32. The summed E-state index contributed by atoms with van der Waals surface area (Å²) in [6, 6.07) is 12.5. The molecule has 1 aliphatic heterocycles. The minimum atomic E-state index is -1.09. The van der Waals surface area contributed by atoms with Gasteiger partial charge in [-0.2, -0.15) is 0 Å². The lowest BCUT2D eigenvalue weighted by atomic mass is 10.0. The van der Waals surface area contributed by atoms with Crippen LogP contribution in [0.1, 0.15) is 25.0 Å². The fourth-order valence-electron chi connectivity index (χ4n) is 4.95. The van der Waals surface area contributed by atoms with Crippen molar-refractivity contribution in [2.45, 2.75) is 50.9 Å². The number of aliphatic hydroxyl groups excluding tert-OH is 1. The Morgan fingerprint density at radius 2 is 1.50 bits per heavy atom. The summed E-state index contributed by atoms with van der Waals surface area (Å²) in [5, 5.41) is 21.3. The molecule has 1 aromatic heterocycles. The van der Waals surface area contributed by atoms with Crippen LogP contribution in [0.4, 0.5) is 0 Å². The van der Waals surface area contributed by atoms with Gasteiger partial charge in [-0.3, -0.25) is 24.0 Å². The molecule has 4 atom stereocenters. The van der Waals surface area contributed by atoms with Crippen molar-refractivity contribution in [3.63, 3.8) is 0 Å². The molecule has 0 bridgehead atoms. The highest BCUT2D eigenvalue weighted by atomic mass is 16.3. The van der Waals surface area contributed by atoms with E-state index >= 15 is 0 Å². The van der Waals surface area contributed by atoms with Crippen molar-refractivity contribution in [3.8, 4) is 0 Å². The third-order valence-corrected chi connectivity index (χ3v) is 7.35. The van der Waals surface area contributed by atoms with Crippen LogP contribution in [0.2, 0.25) is 0 Å². The molecule has 1 saturated heterocycles. The van der Waals surface area contributed by atoms with Gasteiger partial charge in [-0.15, -0.1) is 0 Å². The lowest BCUT2D eigenvalue weighted by Gasteiger charge is -2.29. The molecule has 3 aromatic rings. The number of aromatic nitrogens is 1. The van der Waals surface area contributed by atoms with Crippen molar-refractivity contribution in [2.24, 2.45) is 0 Å². The number of H-pyrrole nitrogens is 1. The van der Waals surface area contributed by atoms with Gasteiger partial charge in [0.1, 0.15) is 30.8 Å². The number of aliphatic hydroxyl groups is 1. The Hall–Kier alpha value is -4.71. The lowest BCUT2D eigenvalue weighted by Crippen LogP contribution is -2.57. The highest BCUT2D eigenvalue weighted by molar-refractivity contribution is 5.96. The summed E-state index contributed by atoms with van der Waals surface area (Å²) < 4.78 is 0. The topological polar surface area (TPSA) is 173 Å². The van der Waals surface area contributed by atoms with E-state index in [0.717, 1.165) is 26.9 Å². The number of nitrogens with one attached hydrogen (secondary N) is 5. The Bertz CT molecular complexity index is 1440. The number of benzene rings is 2. The number of fused-ring (bicyclic) bond motifs is 1. The van der Waals surface area contributed by atoms with Crippen molar-refractivity contribution in [1.82, 2.24) is 31.2 Å². The van der Waals surface area contributed by atoms with Crippen LogP contribution in [0.15, 0.2) is 60.8 Å². The molecule has 6 N–H and O–H groups in total. The zero-order chi connectivity index (χ0) is 30.2. The molecular formula is C30H36N6O6. The fraction of sp³-hybridized carbons (Fsp3) is 0.367. The first-order valence-electron chi connectivity index (χ1n) is 13.9. The Balaban J connectivity index is 1.64. The van der Waals surface area contributed by atoms with Crippen LogP contribution in [0.5, 0.6) is 0 Å². The highest BCUT2D eigenvalue weighted by Crippen LogP contribution is 2.19. The van der Waals surface area contributed by atoms with Gasteiger partial charge in [0.25, 0.3) is 0 Å². The summed E-state index contributed by atoms with van der Waals surface area (Å²) in [6.07, 6.45) is 2.05. The van der Waals surface area contributed by atoms with E-state index in [1.54, 1.807) is 6.20 Å². The van der Waals surface area contributed by atoms with E-state index in [1.807, 2.05) is 54.6 Å². The first-order chi connectivity index (χ1) is 20.2. The standard InChI is InChI=1S/C30H36N6O6/c1-18-27(39)34-24(14-20-8-4-3-5-9-20)29(41)31-12-13-36(26(38)17-37)19(2)28(40)35-25(30(42)33-18)15-21-16-32-23-11-7-6-10-22(21)23/h3-11,16,18-19,24-25,32,37H,12-15,17H2,1-2H3,(H,31,41)(H,33,42)(H,34,39)(H,35,40)/t18-,19+,24-,25+/m0/s1. The van der Waals surface area contributed by atoms with Crippen LogP contribution < -0.4 is 21.3 Å². The molecule has 0 saturated carbocycles. The quantitative estimate of drug-likeness (QED) is 0.245. The van der Waals surface area contributed by atoms with Gasteiger partial charge in [0.05, 0.1) is 0 Å². The number of rotatable bonds is 5. The summed E-state index contributed by atoms with van der Waals surface area (Å²) in [7, 11) is 0. The maximum atomic E-state index is 13.5. The maximum absolute atomic E-state index is 13.5. The normalized spacial score (nSPS) is 22.8. The number of aromatic amines is 1. The average Bonchev–Trinajstić information content (AvgIpc) is 3.40. The second kappa shape index (κ2) is 13.8. The van der Waals surface area contributed by atoms with Gasteiger partial charge in [-0.25, -0.2) is 0 Å². The van der Waals surface area contributed by atoms with Crippen LogP contribution in [0.3, 0.4) is 0 Å². The molecule has 42 heavy (non-hydrogen) atoms. The Morgan fingerprint density at radius 1 is 0.833 bits per heavy atom. The molecule has 0 unspecified atom stereocenters. The lowest BCUT2D eigenvalue weighted by molar-refractivity contribution is -0.142. The molecule has 12 nitrogen and oxygen atoms in total. The number of amides is 5. The van der Waals surface area contributed by atoms with Crippen molar-refractivity contribution in [3.05, 3.63) is 71.9 Å². The number of hydrogen-bond acceptors (Lipinski definition) is 6. The summed E-state index contributed by atoms with van der Waals surface area (Å²) in [5.41, 5.74) is 2.44. The summed E-state index contributed by atoms with van der Waals surface area (Å²) in [5.74, 6) is -3.01. The largest absolute Gasteiger partial charge is 0.387 e. The minimum Gasteiger partial charge on any atom is -0.387 e. The van der Waals surface area contributed by atoms with Crippen LogP contribution >= 0.6 is 0 Å². The number of carbonyl (C=O) groups excluding carboxylic acids is 5. The molecule has 222 valence electrons. The third-order valence-electron chi connectivity index (χ3n) is 7.35. The number of para-hydroxylation sites is 1. The maximum Gasteiger partial charge on any atom is 0.249 e. The second-order valence-electron chi connectivity index (χ2n) is 10.3. The van der Waals surface area contributed by atoms with E-state index < -0.39 is 60.3 Å². The molecule has 12 heteroatoms. The molecule has 1 fully saturated rings. The van der Waals surface area contributed by atoms with E-state index in [9.17, 15) is 29.1 Å². The first-order valence-corrected chi connectivity index (χ1v) is 13.9. The first kappa shape index (κ1) is 30.3. The van der Waals surface area contributed by atoms with Crippen LogP contribution in [-0.4, -0.2) is 88.4 Å². The summed E-state index contributed by atoms with van der Waals surface area (Å²) in [4.78, 5) is 70.1. The minimum absolute atomic E-state index is 0.0329. The van der Waals surface area contributed by atoms with E-state index in [-0.39, 0.29) is 25.9 Å². The number of nitrogens with zero attached hydrogens (tertiary/aromatic N) is 1. The van der Waals surface area contributed by atoms with Gasteiger partial charge < -0.3 is 36.3 Å². The Labute approximate surface area is 243 Å². The van der Waals surface area contributed by atoms with Gasteiger partial charge in [-0.1, -0.05) is 48.5 Å². The molecule has 4 rings (SSSR count). The van der Waals surface area contributed by atoms with E-state index in [2.05, 4.69) is 26.3 Å². The Kier molecular flexibility index (Phi) is 9.92. The van der Waals surface area contributed by atoms with Gasteiger partial charge in [-0.05, 0) is 31.0 Å². The molecule has 0 aliphatic carbocycles. The second-order valence-corrected chi connectivity index (χ2v) is 10.3. The van der Waals surface area contributed by atoms with Crippen molar-refractivity contribution >= 4 is 40.4 Å². The molecule has 0 radical (unpaired) electrons. The predicted molar refractivity (Wildman–Crippen MR) is 155 cm³/mol. The number of hydrogen-bond donors (Lipinski definition) is 6. The van der Waals surface area contributed by atoms with Crippen molar-refractivity contribution < 1.29 is 29.1 Å². The highest BCUT2D eigenvalue weighted by Gasteiger charge is 2.32. The molecule has 1 aliphatic rings. The molecule has 0 spiro atoms. The van der Waals surface area contributed by atoms with E-state index in [1.165, 1.54) is 13.8 Å². The van der Waals surface area contributed by atoms with Gasteiger partial charge >= 0.3 is 0 Å². The van der Waals surface area contributed by atoms with E-state index in [4.69, 9.17) is 0 Å². The van der Waals surface area contributed by atoms with Gasteiger partial charge in [0, 0.05) is 43.0 Å². The van der Waals surface area contributed by atoms with Gasteiger partial charge in [0.2, 0.25) is 29.5 Å². The fourth-order valence-corrected chi connectivity index (χ4v) is 4.95.